The summed E-state index contributed by atoms with van der Waals surface area (Å²) in [6.07, 6.45) is 0. The van der Waals surface area contributed by atoms with Gasteiger partial charge in [0.05, 0.1) is 0 Å². The minimum atomic E-state index is 0. The molecule has 0 aromatic rings. The van der Waals surface area contributed by atoms with Gasteiger partial charge in [-0.1, -0.05) is 0 Å². The fourth-order valence-electron chi connectivity index (χ4n) is 0. The maximum absolute atomic E-state index is 4.70. The Morgan fingerprint density at radius 1 is 1.25 bits per heavy atom. The largest absolute Gasteiger partial charge is 0 e. The van der Waals surface area contributed by atoms with Crippen molar-refractivity contribution in [3.63, 3.8) is 0 Å². The van der Waals surface area contributed by atoms with Crippen LogP contribution in [0.1, 0.15) is 0 Å². The predicted octanol–water partition coefficient (Wildman–Crippen LogP) is 1.37. The first-order valence-electron chi connectivity index (χ1n) is 0.239. The Balaban J connectivity index is 0. The standard InChI is InChI=1S/2ClH.Cu.Ni/h2*1H;;/q;;;+2/p-2. The molecule has 0 nitrogen and oxygen atoms in total. The fraction of sp³-hybridized carbons (Fsp3) is 0. The topological polar surface area (TPSA) is 0 Å². The van der Waals surface area contributed by atoms with Gasteiger partial charge in [0, 0.05) is 17.1 Å². The summed E-state index contributed by atoms with van der Waals surface area (Å²) in [6, 6.07) is 0. The molecule has 0 aromatic carbocycles. The summed E-state index contributed by atoms with van der Waals surface area (Å²) in [5.74, 6) is 0. The molecule has 0 saturated heterocycles. The maximum atomic E-state index is 4.70. The van der Waals surface area contributed by atoms with Gasteiger partial charge in [-0.15, -0.1) is 0 Å². The third kappa shape index (κ3) is 9.52. The van der Waals surface area contributed by atoms with E-state index in [4.69, 9.17) is 20.4 Å². The van der Waals surface area contributed by atoms with Gasteiger partial charge in [0.15, 0.2) is 0 Å². The van der Waals surface area contributed by atoms with Crippen molar-refractivity contribution in [1.82, 2.24) is 0 Å². The molecule has 0 aliphatic heterocycles. The van der Waals surface area contributed by atoms with Crippen molar-refractivity contribution in [3.8, 4) is 0 Å². The first-order valence-corrected chi connectivity index (χ1v) is 2.96. The van der Waals surface area contributed by atoms with Crippen LogP contribution in [-0.2, 0) is 29.7 Å². The van der Waals surface area contributed by atoms with Gasteiger partial charge < -0.3 is 0 Å². The molecule has 0 atom stereocenters. The van der Waals surface area contributed by atoms with Crippen LogP contribution in [0.15, 0.2) is 0 Å². The average Bonchev–Trinajstić information content (AvgIpc) is 0.918. The molecule has 0 N–H and O–H groups in total. The Morgan fingerprint density at radius 3 is 1.25 bits per heavy atom. The number of halogens is 2. The van der Waals surface area contributed by atoms with E-state index in [1.807, 2.05) is 0 Å². The fourth-order valence-corrected chi connectivity index (χ4v) is 0. The van der Waals surface area contributed by atoms with Crippen LogP contribution in [0.2, 0.25) is 0 Å². The van der Waals surface area contributed by atoms with E-state index in [-0.39, 0.29) is 17.1 Å². The molecule has 35 valence electrons. The Morgan fingerprint density at radius 2 is 1.25 bits per heavy atom. The minimum absolute atomic E-state index is 0. The molecular weight excluding hydrogens is 193 g/mol. The minimum Gasteiger partial charge on any atom is 0 e. The molecule has 1 radical (unpaired) electrons. The Hall–Kier alpha value is 1.59. The first kappa shape index (κ1) is 9.14. The Kier molecular flexibility index (Phi) is 20.1. The van der Waals surface area contributed by atoms with E-state index in [0.717, 1.165) is 0 Å². The molecule has 0 heterocycles. The Labute approximate surface area is 50.1 Å². The van der Waals surface area contributed by atoms with E-state index >= 15 is 0 Å². The molecule has 4 heteroatoms. The summed E-state index contributed by atoms with van der Waals surface area (Å²) in [5.41, 5.74) is 0. The van der Waals surface area contributed by atoms with Crippen LogP contribution in [-0.4, -0.2) is 0 Å². The molecule has 0 aliphatic rings. The SMILES string of the molecule is [Cl][Ni][Cl].[Cu]. The van der Waals surface area contributed by atoms with Gasteiger partial charge in [0.1, 0.15) is 0 Å². The van der Waals surface area contributed by atoms with Crippen molar-refractivity contribution in [2.24, 2.45) is 0 Å². The normalized spacial score (nSPS) is 5.50. The monoisotopic (exact) mass is 191 g/mol. The summed E-state index contributed by atoms with van der Waals surface area (Å²) >= 11 is 0.569. The van der Waals surface area contributed by atoms with Crippen LogP contribution >= 0.6 is 20.4 Å². The van der Waals surface area contributed by atoms with Crippen molar-refractivity contribution < 1.29 is 29.7 Å². The van der Waals surface area contributed by atoms with Crippen LogP contribution in [0.3, 0.4) is 0 Å². The van der Waals surface area contributed by atoms with E-state index in [0.29, 0.717) is 12.7 Å². The van der Waals surface area contributed by atoms with Gasteiger partial charge in [-0.05, 0) is 0 Å². The second-order valence-corrected chi connectivity index (χ2v) is 1.68. The van der Waals surface area contributed by atoms with Crippen molar-refractivity contribution in [3.05, 3.63) is 0 Å². The second kappa shape index (κ2) is 8.82. The van der Waals surface area contributed by atoms with Crippen LogP contribution in [0.4, 0.5) is 0 Å². The summed E-state index contributed by atoms with van der Waals surface area (Å²) < 4.78 is 0. The van der Waals surface area contributed by atoms with Gasteiger partial charge in [-0.2, -0.15) is 0 Å². The molecule has 0 aromatic heterocycles. The molecule has 0 amide bonds. The molecule has 0 aliphatic carbocycles. The molecule has 0 unspecified atom stereocenters. The predicted molar refractivity (Wildman–Crippen MR) is 11.7 cm³/mol. The zero-order valence-corrected chi connectivity index (χ0v) is 4.81. The molecule has 0 bridgehead atoms. The smallest absolute Gasteiger partial charge is 0 e. The summed E-state index contributed by atoms with van der Waals surface area (Å²) in [5, 5.41) is 0. The zero-order chi connectivity index (χ0) is 2.71. The van der Waals surface area contributed by atoms with E-state index in [1.54, 1.807) is 0 Å². The third-order valence-corrected chi connectivity index (χ3v) is 0. The van der Waals surface area contributed by atoms with Crippen LogP contribution in [0.5, 0.6) is 0 Å². The van der Waals surface area contributed by atoms with Gasteiger partial charge in [-0.3, -0.25) is 0 Å². The van der Waals surface area contributed by atoms with Gasteiger partial charge >= 0.3 is 33.0 Å². The summed E-state index contributed by atoms with van der Waals surface area (Å²) in [7, 11) is 9.40. The van der Waals surface area contributed by atoms with Crippen LogP contribution in [0.25, 0.3) is 0 Å². The van der Waals surface area contributed by atoms with Gasteiger partial charge in [0.25, 0.3) is 0 Å². The molecule has 4 heavy (non-hydrogen) atoms. The van der Waals surface area contributed by atoms with E-state index in [1.165, 1.54) is 0 Å². The molecule has 0 rings (SSSR count). The molecule has 0 saturated carbocycles. The maximum Gasteiger partial charge on any atom is 0 e. The average molecular weight is 193 g/mol. The zero-order valence-electron chi connectivity index (χ0n) is 1.37. The van der Waals surface area contributed by atoms with Gasteiger partial charge in [0.2, 0.25) is 0 Å². The summed E-state index contributed by atoms with van der Waals surface area (Å²) in [4.78, 5) is 0. The third-order valence-electron chi connectivity index (χ3n) is 0. The molecular formula is Cl2CuNi. The quantitative estimate of drug-likeness (QED) is 0.510. The van der Waals surface area contributed by atoms with E-state index in [9.17, 15) is 0 Å². The van der Waals surface area contributed by atoms with Crippen molar-refractivity contribution in [2.45, 2.75) is 0 Å². The van der Waals surface area contributed by atoms with E-state index in [2.05, 4.69) is 0 Å². The number of rotatable bonds is 0. The number of hydrogen-bond donors (Lipinski definition) is 0. The van der Waals surface area contributed by atoms with Crippen molar-refractivity contribution in [1.29, 1.82) is 0 Å². The molecule has 0 fully saturated rings. The van der Waals surface area contributed by atoms with Crippen LogP contribution in [0, 0.1) is 0 Å². The van der Waals surface area contributed by atoms with E-state index < -0.39 is 0 Å². The Bertz CT molecular complexity index is 6.00. The van der Waals surface area contributed by atoms with Gasteiger partial charge in [-0.25, -0.2) is 0 Å². The second-order valence-electron chi connectivity index (χ2n) is 0.0452. The number of hydrogen-bond acceptors (Lipinski definition) is 0. The van der Waals surface area contributed by atoms with Crippen LogP contribution < -0.4 is 0 Å². The molecule has 0 spiro atoms. The van der Waals surface area contributed by atoms with Crippen molar-refractivity contribution >= 4 is 20.4 Å². The first-order chi connectivity index (χ1) is 1.41. The van der Waals surface area contributed by atoms with Crippen molar-refractivity contribution in [2.75, 3.05) is 0 Å². The summed E-state index contributed by atoms with van der Waals surface area (Å²) in [6.45, 7) is 0.